The van der Waals surface area contributed by atoms with Gasteiger partial charge in [-0.2, -0.15) is 0 Å². The van der Waals surface area contributed by atoms with Gasteiger partial charge in [-0.1, -0.05) is 215 Å². The number of aliphatic hydroxyl groups excluding tert-OH is 1. The minimum Gasteiger partial charge on any atom is -0.405 e. The molecule has 0 unspecified atom stereocenters. The SMILES string of the molecule is C=CCO[C@@H]1O[C@H](COCc2ccccc2)[C@@H](O[C@@H]2O[C@H](CO[Si](c3ccccc3)(c3ccccc3)C(C)(C)C)[C@H](O)[C@H](OCC=C)[C@H]2OCc2ccccc2)[C@H](OCc2ccccc2)[C@H]1OCc1ccccc1. The number of hydrogen-bond donors (Lipinski definition) is 1. The Hall–Kier alpha value is -5.42. The molecule has 6 aromatic rings. The lowest BCUT2D eigenvalue weighted by Gasteiger charge is -2.50. The number of benzene rings is 6. The molecule has 2 aliphatic rings. The summed E-state index contributed by atoms with van der Waals surface area (Å²) in [4.78, 5) is 0. The minimum atomic E-state index is -3.14. The quantitative estimate of drug-likeness (QED) is 0.0415. The zero-order valence-corrected chi connectivity index (χ0v) is 43.8. The Morgan fingerprint density at radius 1 is 0.459 bits per heavy atom. The van der Waals surface area contributed by atoms with Crippen molar-refractivity contribution in [3.8, 4) is 0 Å². The summed E-state index contributed by atoms with van der Waals surface area (Å²) in [6, 6.07) is 60.4. The molecule has 390 valence electrons. The van der Waals surface area contributed by atoms with Crippen molar-refractivity contribution in [2.24, 2.45) is 0 Å². The lowest BCUT2D eigenvalue weighted by Crippen LogP contribution is -2.69. The van der Waals surface area contributed by atoms with E-state index in [1.807, 2.05) is 158 Å². The molecule has 11 nitrogen and oxygen atoms in total. The highest BCUT2D eigenvalue weighted by atomic mass is 28.4. The maximum absolute atomic E-state index is 12.7. The third-order valence-electron chi connectivity index (χ3n) is 13.4. The Morgan fingerprint density at radius 3 is 1.32 bits per heavy atom. The van der Waals surface area contributed by atoms with E-state index in [1.54, 1.807) is 12.2 Å². The van der Waals surface area contributed by atoms with Crippen molar-refractivity contribution in [2.75, 3.05) is 26.4 Å². The molecule has 12 heteroatoms. The maximum atomic E-state index is 12.7. The standard InChI is InChI=1S/C62H72O11Si/c1-6-38-65-56-54(63)52(45-70-74(62(3,4)5,50-34-22-12-23-35-50)51-36-24-13-25-37-51)71-61(58(56)68-42-48-30-18-10-19-31-48)73-55-53(44-64-40-46-26-14-8-15-27-46)72-60(66-39-7-2)59(69-43-49-32-20-11-21-33-49)57(55)67-41-47-28-16-9-17-29-47/h6-37,52-61,63H,1-2,38-45H2,3-5H3/t52-,53-,54+,55-,56+,57+,58-,59-,60-,61+/m1/s1. The summed E-state index contributed by atoms with van der Waals surface area (Å²) < 4.78 is 69.3. The molecule has 2 heterocycles. The molecule has 2 fully saturated rings. The van der Waals surface area contributed by atoms with Crippen molar-refractivity contribution in [1.29, 1.82) is 0 Å². The fourth-order valence-corrected chi connectivity index (χ4v) is 14.4. The van der Waals surface area contributed by atoms with Gasteiger partial charge in [0.15, 0.2) is 12.6 Å². The molecular weight excluding hydrogens is 949 g/mol. The normalized spacial score (nSPS) is 24.3. The monoisotopic (exact) mass is 1020 g/mol. The second kappa shape index (κ2) is 27.4. The van der Waals surface area contributed by atoms with Crippen LogP contribution in [0.4, 0.5) is 0 Å². The van der Waals surface area contributed by atoms with Crippen molar-refractivity contribution in [3.63, 3.8) is 0 Å². The molecule has 0 aromatic heterocycles. The van der Waals surface area contributed by atoms with Crippen LogP contribution in [0.5, 0.6) is 0 Å². The molecule has 0 radical (unpaired) electrons. The van der Waals surface area contributed by atoms with Gasteiger partial charge in [0, 0.05) is 0 Å². The van der Waals surface area contributed by atoms with Crippen LogP contribution in [0.3, 0.4) is 0 Å². The summed E-state index contributed by atoms with van der Waals surface area (Å²) in [6.07, 6.45) is -6.41. The van der Waals surface area contributed by atoms with Crippen LogP contribution in [0.25, 0.3) is 0 Å². The van der Waals surface area contributed by atoms with Crippen LogP contribution in [0, 0.1) is 0 Å². The first-order chi connectivity index (χ1) is 36.2. The van der Waals surface area contributed by atoms with Gasteiger partial charge in [-0.25, -0.2) is 0 Å². The average molecular weight is 1020 g/mol. The zero-order valence-electron chi connectivity index (χ0n) is 42.8. The lowest BCUT2D eigenvalue weighted by atomic mass is 9.96. The summed E-state index contributed by atoms with van der Waals surface area (Å²) in [5.74, 6) is 0. The molecule has 6 aromatic carbocycles. The van der Waals surface area contributed by atoms with Gasteiger partial charge in [-0.15, -0.1) is 13.2 Å². The van der Waals surface area contributed by atoms with Gasteiger partial charge in [0.2, 0.25) is 0 Å². The van der Waals surface area contributed by atoms with Crippen LogP contribution in [-0.4, -0.2) is 101 Å². The van der Waals surface area contributed by atoms with E-state index in [4.69, 9.17) is 47.1 Å². The summed E-state index contributed by atoms with van der Waals surface area (Å²) in [7, 11) is -3.14. The molecule has 0 amide bonds. The van der Waals surface area contributed by atoms with Crippen LogP contribution < -0.4 is 10.4 Å². The molecule has 1 N–H and O–H groups in total. The van der Waals surface area contributed by atoms with Crippen molar-refractivity contribution in [3.05, 3.63) is 230 Å². The summed E-state index contributed by atoms with van der Waals surface area (Å²) >= 11 is 0. The van der Waals surface area contributed by atoms with E-state index in [-0.39, 0.29) is 51.3 Å². The second-order valence-corrected chi connectivity index (χ2v) is 24.0. The predicted octanol–water partition coefficient (Wildman–Crippen LogP) is 9.51. The molecule has 10 atom stereocenters. The first kappa shape index (κ1) is 54.8. The molecule has 8 rings (SSSR count). The van der Waals surface area contributed by atoms with E-state index in [9.17, 15) is 5.11 Å². The molecular formula is C62H72O11Si. The summed E-state index contributed by atoms with van der Waals surface area (Å²) in [5, 5.41) is 14.5. The van der Waals surface area contributed by atoms with E-state index < -0.39 is 69.7 Å². The number of aliphatic hydroxyl groups is 1. The predicted molar refractivity (Wildman–Crippen MR) is 289 cm³/mol. The van der Waals surface area contributed by atoms with Gasteiger partial charge in [-0.05, 0) is 37.7 Å². The lowest BCUT2D eigenvalue weighted by molar-refractivity contribution is -0.373. The molecule has 2 saturated heterocycles. The molecule has 0 saturated carbocycles. The van der Waals surface area contributed by atoms with Crippen LogP contribution in [0.15, 0.2) is 207 Å². The Bertz CT molecular complexity index is 2500. The summed E-state index contributed by atoms with van der Waals surface area (Å²) in [6.45, 7) is 15.8. The van der Waals surface area contributed by atoms with Gasteiger partial charge in [0.05, 0.1) is 52.9 Å². The third-order valence-corrected chi connectivity index (χ3v) is 18.4. The summed E-state index contributed by atoms with van der Waals surface area (Å²) in [5.41, 5.74) is 3.80. The van der Waals surface area contributed by atoms with Crippen LogP contribution >= 0.6 is 0 Å². The van der Waals surface area contributed by atoms with Crippen molar-refractivity contribution < 1.29 is 52.2 Å². The molecule has 0 spiro atoms. The maximum Gasteiger partial charge on any atom is 0.261 e. The van der Waals surface area contributed by atoms with Crippen molar-refractivity contribution >= 4 is 18.7 Å². The van der Waals surface area contributed by atoms with E-state index in [0.717, 1.165) is 32.6 Å². The zero-order chi connectivity index (χ0) is 51.6. The van der Waals surface area contributed by atoms with Gasteiger partial charge < -0.3 is 52.2 Å². The second-order valence-electron chi connectivity index (χ2n) is 19.6. The van der Waals surface area contributed by atoms with Gasteiger partial charge in [-0.3, -0.25) is 0 Å². The van der Waals surface area contributed by atoms with Gasteiger partial charge >= 0.3 is 0 Å². The molecule has 74 heavy (non-hydrogen) atoms. The van der Waals surface area contributed by atoms with E-state index in [0.29, 0.717) is 6.61 Å². The third kappa shape index (κ3) is 14.1. The minimum absolute atomic E-state index is 0.00728. The smallest absolute Gasteiger partial charge is 0.261 e. The highest BCUT2D eigenvalue weighted by Crippen LogP contribution is 2.39. The first-order valence-corrected chi connectivity index (χ1v) is 27.5. The highest BCUT2D eigenvalue weighted by molar-refractivity contribution is 6.99. The highest BCUT2D eigenvalue weighted by Gasteiger charge is 2.56. The van der Waals surface area contributed by atoms with E-state index in [2.05, 4.69) is 58.2 Å². The van der Waals surface area contributed by atoms with Crippen LogP contribution in [-0.2, 0) is 73.5 Å². The van der Waals surface area contributed by atoms with Crippen molar-refractivity contribution in [2.45, 2.75) is 114 Å². The van der Waals surface area contributed by atoms with Gasteiger partial charge in [0.1, 0.15) is 48.8 Å². The molecule has 2 aliphatic heterocycles. The number of ether oxygens (including phenoxy) is 9. The van der Waals surface area contributed by atoms with E-state index in [1.165, 1.54) is 0 Å². The Labute approximate surface area is 438 Å². The molecule has 0 aliphatic carbocycles. The first-order valence-electron chi connectivity index (χ1n) is 25.6. The fourth-order valence-electron chi connectivity index (χ4n) is 9.81. The van der Waals surface area contributed by atoms with Crippen molar-refractivity contribution in [1.82, 2.24) is 0 Å². The molecule has 0 bridgehead atoms. The average Bonchev–Trinajstić information content (AvgIpc) is 3.44. The Kier molecular flexibility index (Phi) is 20.3. The topological polar surface area (TPSA) is 113 Å². The number of rotatable bonds is 26. The fraction of sp³-hybridized carbons (Fsp3) is 0.355. The van der Waals surface area contributed by atoms with Gasteiger partial charge in [0.25, 0.3) is 8.32 Å². The van der Waals surface area contributed by atoms with E-state index >= 15 is 0 Å². The number of hydrogen-bond acceptors (Lipinski definition) is 11. The van der Waals surface area contributed by atoms with Crippen LogP contribution in [0.1, 0.15) is 43.0 Å². The Balaban J connectivity index is 1.21. The largest absolute Gasteiger partial charge is 0.405 e. The van der Waals surface area contributed by atoms with Crippen LogP contribution in [0.2, 0.25) is 5.04 Å². The Morgan fingerprint density at radius 2 is 0.865 bits per heavy atom.